The van der Waals surface area contributed by atoms with Crippen molar-refractivity contribution in [3.63, 3.8) is 0 Å². The van der Waals surface area contributed by atoms with Crippen molar-refractivity contribution in [1.29, 1.82) is 0 Å². The highest BCUT2D eigenvalue weighted by atomic mass is 16.5. The van der Waals surface area contributed by atoms with Gasteiger partial charge in [0.15, 0.2) is 6.61 Å². The number of esters is 1. The Hall–Kier alpha value is -2.82. The van der Waals surface area contributed by atoms with Gasteiger partial charge < -0.3 is 14.8 Å². The summed E-state index contributed by atoms with van der Waals surface area (Å²) in [5.74, 6) is 0.0505. The molecule has 2 rings (SSSR count). The molecule has 0 aliphatic carbocycles. The molecule has 0 heterocycles. The third-order valence-corrected chi connectivity index (χ3v) is 3.58. The summed E-state index contributed by atoms with van der Waals surface area (Å²) in [5, 5.41) is 2.80. The number of ether oxygens (including phenoxy) is 2. The molecule has 0 radical (unpaired) electrons. The smallest absolute Gasteiger partial charge is 0.306 e. The van der Waals surface area contributed by atoms with E-state index in [-0.39, 0.29) is 25.0 Å². The largest absolute Gasteiger partial charge is 0.494 e. The Bertz CT molecular complexity index is 658. The second kappa shape index (κ2) is 10.1. The maximum atomic E-state index is 11.8. The summed E-state index contributed by atoms with van der Waals surface area (Å²) in [6, 6.07) is 18.9. The van der Waals surface area contributed by atoms with Gasteiger partial charge in [0.25, 0.3) is 5.91 Å². The number of carbonyl (C=O) groups is 2. The summed E-state index contributed by atoms with van der Waals surface area (Å²) in [4.78, 5) is 23.5. The van der Waals surface area contributed by atoms with Crippen LogP contribution in [0.15, 0.2) is 60.7 Å². The summed E-state index contributed by atoms with van der Waals surface area (Å²) in [6.07, 6.45) is 0.754. The molecule has 0 unspecified atom stereocenters. The first-order valence-electron chi connectivity index (χ1n) is 8.33. The number of hydrogen-bond donors (Lipinski definition) is 1. The van der Waals surface area contributed by atoms with Crippen LogP contribution in [0, 0.1) is 0 Å². The molecule has 0 aromatic heterocycles. The predicted molar refractivity (Wildman–Crippen MR) is 95.1 cm³/mol. The van der Waals surface area contributed by atoms with E-state index in [9.17, 15) is 9.59 Å². The highest BCUT2D eigenvalue weighted by Crippen LogP contribution is 2.11. The Morgan fingerprint density at radius 3 is 2.32 bits per heavy atom. The lowest BCUT2D eigenvalue weighted by atomic mass is 10.1. The van der Waals surface area contributed by atoms with Crippen molar-refractivity contribution in [2.75, 3.05) is 13.2 Å². The average Bonchev–Trinajstić information content (AvgIpc) is 2.65. The van der Waals surface area contributed by atoms with Crippen molar-refractivity contribution < 1.29 is 19.1 Å². The SMILES string of the molecule is C[C@H](NC(=O)COC(=O)CCCOc1ccccc1)c1ccccc1. The Kier molecular flexibility index (Phi) is 7.50. The van der Waals surface area contributed by atoms with Crippen LogP contribution in [-0.2, 0) is 14.3 Å². The first-order valence-corrected chi connectivity index (χ1v) is 8.33. The van der Waals surface area contributed by atoms with Gasteiger partial charge in [-0.2, -0.15) is 0 Å². The van der Waals surface area contributed by atoms with Crippen LogP contribution in [0.2, 0.25) is 0 Å². The molecule has 0 bridgehead atoms. The van der Waals surface area contributed by atoms with Gasteiger partial charge in [-0.3, -0.25) is 9.59 Å². The third kappa shape index (κ3) is 7.08. The van der Waals surface area contributed by atoms with Crippen LogP contribution in [0.1, 0.15) is 31.4 Å². The van der Waals surface area contributed by atoms with Gasteiger partial charge in [-0.05, 0) is 31.0 Å². The molecule has 0 fully saturated rings. The van der Waals surface area contributed by atoms with E-state index < -0.39 is 5.97 Å². The second-order valence-electron chi connectivity index (χ2n) is 5.63. The zero-order chi connectivity index (χ0) is 17.9. The second-order valence-corrected chi connectivity index (χ2v) is 5.63. The van der Waals surface area contributed by atoms with Gasteiger partial charge in [0.1, 0.15) is 5.75 Å². The Morgan fingerprint density at radius 1 is 1.00 bits per heavy atom. The number of rotatable bonds is 9. The quantitative estimate of drug-likeness (QED) is 0.562. The average molecular weight is 341 g/mol. The van der Waals surface area contributed by atoms with Crippen molar-refractivity contribution in [1.82, 2.24) is 5.32 Å². The van der Waals surface area contributed by atoms with Crippen molar-refractivity contribution in [2.45, 2.75) is 25.8 Å². The molecular weight excluding hydrogens is 318 g/mol. The van der Waals surface area contributed by atoms with Crippen LogP contribution in [-0.4, -0.2) is 25.1 Å². The van der Waals surface area contributed by atoms with Crippen molar-refractivity contribution in [2.24, 2.45) is 0 Å². The Morgan fingerprint density at radius 2 is 1.64 bits per heavy atom. The fourth-order valence-corrected chi connectivity index (χ4v) is 2.25. The van der Waals surface area contributed by atoms with Gasteiger partial charge in [0.05, 0.1) is 12.6 Å². The summed E-state index contributed by atoms with van der Waals surface area (Å²) in [6.45, 7) is 2.04. The molecule has 5 heteroatoms. The molecule has 1 amide bonds. The van der Waals surface area contributed by atoms with Crippen molar-refractivity contribution in [3.8, 4) is 5.75 Å². The highest BCUT2D eigenvalue weighted by molar-refractivity contribution is 5.80. The molecule has 1 N–H and O–H groups in total. The molecule has 2 aromatic carbocycles. The molecule has 0 aliphatic rings. The third-order valence-electron chi connectivity index (χ3n) is 3.58. The van der Waals surface area contributed by atoms with Crippen LogP contribution >= 0.6 is 0 Å². The fourth-order valence-electron chi connectivity index (χ4n) is 2.25. The van der Waals surface area contributed by atoms with Crippen LogP contribution in [0.25, 0.3) is 0 Å². The topological polar surface area (TPSA) is 64.6 Å². The van der Waals surface area contributed by atoms with Gasteiger partial charge in [-0.15, -0.1) is 0 Å². The van der Waals surface area contributed by atoms with E-state index in [4.69, 9.17) is 9.47 Å². The zero-order valence-electron chi connectivity index (χ0n) is 14.3. The van der Waals surface area contributed by atoms with Gasteiger partial charge in [-0.1, -0.05) is 48.5 Å². The van der Waals surface area contributed by atoms with Gasteiger partial charge >= 0.3 is 5.97 Å². The zero-order valence-corrected chi connectivity index (χ0v) is 14.3. The molecule has 1 atom stereocenters. The number of hydrogen-bond acceptors (Lipinski definition) is 4. The minimum absolute atomic E-state index is 0.133. The van der Waals surface area contributed by atoms with Gasteiger partial charge in [0, 0.05) is 6.42 Å². The summed E-state index contributed by atoms with van der Waals surface area (Å²) >= 11 is 0. The lowest BCUT2D eigenvalue weighted by molar-refractivity contribution is -0.148. The first kappa shape index (κ1) is 18.5. The highest BCUT2D eigenvalue weighted by Gasteiger charge is 2.11. The van der Waals surface area contributed by atoms with E-state index in [2.05, 4.69) is 5.32 Å². The van der Waals surface area contributed by atoms with Crippen LogP contribution in [0.5, 0.6) is 5.75 Å². The van der Waals surface area contributed by atoms with E-state index in [1.807, 2.05) is 67.6 Å². The number of carbonyl (C=O) groups excluding carboxylic acids is 2. The monoisotopic (exact) mass is 341 g/mol. The minimum Gasteiger partial charge on any atom is -0.494 e. The summed E-state index contributed by atoms with van der Waals surface area (Å²) in [7, 11) is 0. The Labute approximate surface area is 148 Å². The van der Waals surface area contributed by atoms with Crippen LogP contribution in [0.4, 0.5) is 0 Å². The van der Waals surface area contributed by atoms with Crippen LogP contribution < -0.4 is 10.1 Å². The van der Waals surface area contributed by atoms with E-state index in [1.165, 1.54) is 0 Å². The Balaban J connectivity index is 1.58. The molecule has 0 spiro atoms. The number of amides is 1. The van der Waals surface area contributed by atoms with E-state index >= 15 is 0 Å². The molecular formula is C20H23NO4. The minimum atomic E-state index is -0.404. The first-order chi connectivity index (χ1) is 12.1. The molecule has 2 aromatic rings. The predicted octanol–water partition coefficient (Wildman–Crippen LogP) is 3.27. The van der Waals surface area contributed by atoms with Crippen molar-refractivity contribution in [3.05, 3.63) is 66.2 Å². The fraction of sp³-hybridized carbons (Fsp3) is 0.300. The maximum Gasteiger partial charge on any atom is 0.306 e. The normalized spacial score (nSPS) is 11.4. The maximum absolute atomic E-state index is 11.8. The van der Waals surface area contributed by atoms with E-state index in [0.717, 1.165) is 11.3 Å². The molecule has 25 heavy (non-hydrogen) atoms. The summed E-state index contributed by atoms with van der Waals surface area (Å²) < 4.78 is 10.5. The number of benzene rings is 2. The standard InChI is InChI=1S/C20H23NO4/c1-16(17-9-4-2-5-10-17)21-19(22)15-25-20(23)13-8-14-24-18-11-6-3-7-12-18/h2-7,9-12,16H,8,13-15H2,1H3,(H,21,22)/t16-/m0/s1. The summed E-state index contributed by atoms with van der Waals surface area (Å²) in [5.41, 5.74) is 1.00. The number of para-hydroxylation sites is 1. The van der Waals surface area contributed by atoms with Crippen LogP contribution in [0.3, 0.4) is 0 Å². The van der Waals surface area contributed by atoms with Gasteiger partial charge in [0.2, 0.25) is 0 Å². The number of nitrogens with one attached hydrogen (secondary N) is 1. The molecule has 0 saturated heterocycles. The van der Waals surface area contributed by atoms with E-state index in [1.54, 1.807) is 0 Å². The van der Waals surface area contributed by atoms with E-state index in [0.29, 0.717) is 13.0 Å². The molecule has 5 nitrogen and oxygen atoms in total. The molecule has 0 aliphatic heterocycles. The molecule has 0 saturated carbocycles. The molecule has 132 valence electrons. The van der Waals surface area contributed by atoms with Crippen molar-refractivity contribution >= 4 is 11.9 Å². The van der Waals surface area contributed by atoms with Gasteiger partial charge in [-0.25, -0.2) is 0 Å². The lowest BCUT2D eigenvalue weighted by Gasteiger charge is -2.14. The lowest BCUT2D eigenvalue weighted by Crippen LogP contribution is -2.31.